The Hall–Kier alpha value is -3.72. The largest absolute Gasteiger partial charge is 0.350 e. The summed E-state index contributed by atoms with van der Waals surface area (Å²) in [7, 11) is 0. The number of thioether (sulfide) groups is 1. The second kappa shape index (κ2) is 8.34. The van der Waals surface area contributed by atoms with Crippen molar-refractivity contribution < 1.29 is 14.4 Å². The highest BCUT2D eigenvalue weighted by Gasteiger charge is 2.34. The molecule has 1 saturated heterocycles. The summed E-state index contributed by atoms with van der Waals surface area (Å²) in [4.78, 5) is 57.2. The fourth-order valence-corrected chi connectivity index (χ4v) is 3.94. The summed E-state index contributed by atoms with van der Waals surface area (Å²) < 4.78 is 0. The molecular weight excluding hydrogens is 404 g/mol. The number of benzene rings is 1. The quantitative estimate of drug-likeness (QED) is 0.613. The fourth-order valence-electron chi connectivity index (χ4n) is 3.07. The summed E-state index contributed by atoms with van der Waals surface area (Å²) in [6.07, 6.45) is 4.83. The number of hydrogen-bond donors (Lipinski definition) is 2. The average Bonchev–Trinajstić information content (AvgIpc) is 3.01. The van der Waals surface area contributed by atoms with Gasteiger partial charge in [-0.15, -0.1) is 0 Å². The topological polar surface area (TPSA) is 112 Å². The summed E-state index contributed by atoms with van der Waals surface area (Å²) in [6, 6.07) is 11.7. The van der Waals surface area contributed by atoms with Crippen molar-refractivity contribution in [2.24, 2.45) is 0 Å². The molecule has 150 valence electrons. The van der Waals surface area contributed by atoms with E-state index in [0.717, 1.165) is 22.2 Å². The zero-order chi connectivity index (χ0) is 21.1. The van der Waals surface area contributed by atoms with E-state index in [0.29, 0.717) is 15.8 Å². The Morgan fingerprint density at radius 1 is 1.17 bits per heavy atom. The highest BCUT2D eigenvalue weighted by molar-refractivity contribution is 8.18. The van der Waals surface area contributed by atoms with Gasteiger partial charge >= 0.3 is 0 Å². The Morgan fingerprint density at radius 2 is 2.00 bits per heavy atom. The standard InChI is InChI=1S/C21H16N4O4S/c26-18-11-15(14-5-1-2-6-16(14)24-18)19(27)23-8-9-25-20(28)17(30-21(25)29)10-13-4-3-7-22-12-13/h1-7,10-12H,8-9H2,(H,23,27)(H,24,26)/b17-10-. The molecule has 0 saturated carbocycles. The lowest BCUT2D eigenvalue weighted by molar-refractivity contribution is -0.122. The van der Waals surface area contributed by atoms with Crippen LogP contribution in [0.25, 0.3) is 17.0 Å². The number of carbonyl (C=O) groups excluding carboxylic acids is 3. The van der Waals surface area contributed by atoms with Crippen LogP contribution in [0.5, 0.6) is 0 Å². The predicted octanol–water partition coefficient (Wildman–Crippen LogP) is 2.39. The molecule has 3 heterocycles. The SMILES string of the molecule is O=C(NCCN1C(=O)S/C(=C\c2cccnc2)C1=O)c1cc(=O)[nH]c2ccccc12. The number of fused-ring (bicyclic) bond motifs is 1. The summed E-state index contributed by atoms with van der Waals surface area (Å²) in [5, 5.41) is 2.89. The molecule has 3 aromatic rings. The number of rotatable bonds is 5. The normalized spacial score (nSPS) is 15.2. The van der Waals surface area contributed by atoms with Crippen molar-refractivity contribution in [3.63, 3.8) is 0 Å². The maximum Gasteiger partial charge on any atom is 0.293 e. The fraction of sp³-hybridized carbons (Fsp3) is 0.0952. The van der Waals surface area contributed by atoms with Crippen LogP contribution in [-0.4, -0.2) is 45.0 Å². The second-order valence-electron chi connectivity index (χ2n) is 6.47. The van der Waals surface area contributed by atoms with Crippen molar-refractivity contribution >= 4 is 45.8 Å². The van der Waals surface area contributed by atoms with Crippen LogP contribution in [0.4, 0.5) is 4.79 Å². The average molecular weight is 420 g/mol. The van der Waals surface area contributed by atoms with Crippen LogP contribution in [-0.2, 0) is 4.79 Å². The zero-order valence-corrected chi connectivity index (χ0v) is 16.4. The number of amides is 3. The number of nitrogens with one attached hydrogen (secondary N) is 2. The molecular formula is C21H16N4O4S. The van der Waals surface area contributed by atoms with Gasteiger partial charge in [0.05, 0.1) is 10.5 Å². The molecule has 0 bridgehead atoms. The minimum atomic E-state index is -0.449. The molecule has 8 nitrogen and oxygen atoms in total. The Kier molecular flexibility index (Phi) is 5.44. The molecule has 3 amide bonds. The van der Waals surface area contributed by atoms with E-state index in [1.54, 1.807) is 54.9 Å². The molecule has 0 atom stereocenters. The van der Waals surface area contributed by atoms with Crippen LogP contribution >= 0.6 is 11.8 Å². The van der Waals surface area contributed by atoms with E-state index >= 15 is 0 Å². The predicted molar refractivity (Wildman–Crippen MR) is 114 cm³/mol. The number of imide groups is 1. The Morgan fingerprint density at radius 3 is 2.80 bits per heavy atom. The second-order valence-corrected chi connectivity index (χ2v) is 7.46. The first-order chi connectivity index (χ1) is 14.5. The molecule has 30 heavy (non-hydrogen) atoms. The number of para-hydroxylation sites is 1. The van der Waals surface area contributed by atoms with Gasteiger partial charge in [-0.05, 0) is 35.5 Å². The van der Waals surface area contributed by atoms with E-state index in [1.807, 2.05) is 0 Å². The third-order valence-corrected chi connectivity index (χ3v) is 5.38. The van der Waals surface area contributed by atoms with Crippen molar-refractivity contribution in [1.82, 2.24) is 20.2 Å². The van der Waals surface area contributed by atoms with Crippen LogP contribution in [0.2, 0.25) is 0 Å². The van der Waals surface area contributed by atoms with Crippen LogP contribution in [0.3, 0.4) is 0 Å². The van der Waals surface area contributed by atoms with E-state index in [-0.39, 0.29) is 24.2 Å². The molecule has 0 radical (unpaired) electrons. The molecule has 0 spiro atoms. The number of pyridine rings is 2. The van der Waals surface area contributed by atoms with Gasteiger partial charge in [-0.3, -0.25) is 29.1 Å². The summed E-state index contributed by atoms with van der Waals surface area (Å²) in [5.41, 5.74) is 1.13. The lowest BCUT2D eigenvalue weighted by Gasteiger charge is -2.13. The van der Waals surface area contributed by atoms with Crippen molar-refractivity contribution in [1.29, 1.82) is 0 Å². The van der Waals surface area contributed by atoms with Gasteiger partial charge in [-0.2, -0.15) is 0 Å². The molecule has 1 fully saturated rings. The third-order valence-electron chi connectivity index (χ3n) is 4.47. The molecule has 2 N–H and O–H groups in total. The molecule has 2 aromatic heterocycles. The van der Waals surface area contributed by atoms with E-state index < -0.39 is 17.1 Å². The summed E-state index contributed by atoms with van der Waals surface area (Å²) >= 11 is 0.848. The maximum atomic E-state index is 12.6. The molecule has 1 aliphatic rings. The Labute approximate surface area is 175 Å². The van der Waals surface area contributed by atoms with Crippen LogP contribution < -0.4 is 10.9 Å². The van der Waals surface area contributed by atoms with Crippen molar-refractivity contribution in [3.05, 3.63) is 81.2 Å². The van der Waals surface area contributed by atoms with Crippen LogP contribution in [0.1, 0.15) is 15.9 Å². The lowest BCUT2D eigenvalue weighted by atomic mass is 10.1. The first-order valence-electron chi connectivity index (χ1n) is 9.08. The van der Waals surface area contributed by atoms with Crippen LogP contribution in [0.15, 0.2) is 64.6 Å². The molecule has 1 aliphatic heterocycles. The number of hydrogen-bond acceptors (Lipinski definition) is 6. The Bertz CT molecular complexity index is 1240. The number of aromatic amines is 1. The molecule has 1 aromatic carbocycles. The highest BCUT2D eigenvalue weighted by Crippen LogP contribution is 2.31. The van der Waals surface area contributed by atoms with Gasteiger partial charge < -0.3 is 10.3 Å². The smallest absolute Gasteiger partial charge is 0.293 e. The van der Waals surface area contributed by atoms with Crippen molar-refractivity contribution in [2.75, 3.05) is 13.1 Å². The first kappa shape index (κ1) is 19.6. The van der Waals surface area contributed by atoms with Crippen molar-refractivity contribution in [3.8, 4) is 0 Å². The van der Waals surface area contributed by atoms with E-state index in [1.165, 1.54) is 6.07 Å². The van der Waals surface area contributed by atoms with Gasteiger partial charge in [0.25, 0.3) is 17.1 Å². The minimum absolute atomic E-state index is 0.0297. The molecule has 4 rings (SSSR count). The van der Waals surface area contributed by atoms with E-state index in [4.69, 9.17) is 0 Å². The van der Waals surface area contributed by atoms with Gasteiger partial charge in [0.15, 0.2) is 0 Å². The molecule has 9 heteroatoms. The lowest BCUT2D eigenvalue weighted by Crippen LogP contribution is -2.37. The van der Waals surface area contributed by atoms with Gasteiger partial charge in [-0.25, -0.2) is 0 Å². The monoisotopic (exact) mass is 420 g/mol. The van der Waals surface area contributed by atoms with Gasteiger partial charge in [0, 0.05) is 42.5 Å². The minimum Gasteiger partial charge on any atom is -0.350 e. The van der Waals surface area contributed by atoms with Crippen molar-refractivity contribution in [2.45, 2.75) is 0 Å². The summed E-state index contributed by atoms with van der Waals surface area (Å²) in [6.45, 7) is 0.0973. The third kappa shape index (κ3) is 4.01. The van der Waals surface area contributed by atoms with Gasteiger partial charge in [0.1, 0.15) is 0 Å². The van der Waals surface area contributed by atoms with Gasteiger partial charge in [-0.1, -0.05) is 24.3 Å². The maximum absolute atomic E-state index is 12.6. The first-order valence-corrected chi connectivity index (χ1v) is 9.90. The van der Waals surface area contributed by atoms with E-state index in [2.05, 4.69) is 15.3 Å². The summed E-state index contributed by atoms with van der Waals surface area (Å²) in [5.74, 6) is -0.861. The number of carbonyl (C=O) groups is 3. The molecule has 0 unspecified atom stereocenters. The van der Waals surface area contributed by atoms with Gasteiger partial charge in [0.2, 0.25) is 5.56 Å². The highest BCUT2D eigenvalue weighted by atomic mass is 32.2. The van der Waals surface area contributed by atoms with Crippen LogP contribution in [0, 0.1) is 0 Å². The van der Waals surface area contributed by atoms with E-state index in [9.17, 15) is 19.2 Å². The Balaban J connectivity index is 1.43. The number of H-pyrrole nitrogens is 1. The molecule has 0 aliphatic carbocycles. The number of nitrogens with zero attached hydrogens (tertiary/aromatic N) is 2. The zero-order valence-electron chi connectivity index (χ0n) is 15.6. The number of aromatic nitrogens is 2.